The first-order chi connectivity index (χ1) is 9.11. The third-order valence-electron chi connectivity index (χ3n) is 3.00. The molecule has 0 aromatic heterocycles. The van der Waals surface area contributed by atoms with E-state index in [-0.39, 0.29) is 12.6 Å². The van der Waals surface area contributed by atoms with Gasteiger partial charge >= 0.3 is 0 Å². The number of nitrogens with one attached hydrogen (secondary N) is 1. The number of hydrogen-bond acceptors (Lipinski definition) is 2. The van der Waals surface area contributed by atoms with Gasteiger partial charge in [-0.25, -0.2) is 0 Å². The lowest BCUT2D eigenvalue weighted by Gasteiger charge is -2.20. The summed E-state index contributed by atoms with van der Waals surface area (Å²) < 4.78 is 0. The molecule has 2 N–H and O–H groups in total. The van der Waals surface area contributed by atoms with E-state index in [1.165, 1.54) is 0 Å². The van der Waals surface area contributed by atoms with E-state index in [0.717, 1.165) is 16.8 Å². The zero-order valence-electron chi connectivity index (χ0n) is 10.5. The maximum atomic E-state index is 9.55. The van der Waals surface area contributed by atoms with Gasteiger partial charge in [-0.15, -0.1) is 0 Å². The Kier molecular flexibility index (Phi) is 4.70. The first-order valence-corrected chi connectivity index (χ1v) is 6.75. The van der Waals surface area contributed by atoms with Crippen LogP contribution in [0.4, 0.5) is 5.69 Å². The van der Waals surface area contributed by atoms with Gasteiger partial charge in [0.25, 0.3) is 0 Å². The molecule has 0 radical (unpaired) electrons. The lowest BCUT2D eigenvalue weighted by molar-refractivity contribution is 0.276. The molecule has 0 aliphatic carbocycles. The van der Waals surface area contributed by atoms with Crippen LogP contribution in [0.25, 0.3) is 0 Å². The minimum absolute atomic E-state index is 0.0215. The Hall–Kier alpha value is -1.22. The second kappa shape index (κ2) is 6.29. The minimum atomic E-state index is -0.212. The molecular formula is C15H15Cl2NO. The summed E-state index contributed by atoms with van der Waals surface area (Å²) in [5, 5.41) is 13.9. The molecule has 0 saturated heterocycles. The van der Waals surface area contributed by atoms with Crippen molar-refractivity contribution in [3.63, 3.8) is 0 Å². The Bertz CT molecular complexity index is 572. The van der Waals surface area contributed by atoms with E-state index < -0.39 is 0 Å². The summed E-state index contributed by atoms with van der Waals surface area (Å²) in [4.78, 5) is 0. The number of anilines is 1. The molecule has 0 saturated carbocycles. The van der Waals surface area contributed by atoms with E-state index in [1.807, 2.05) is 37.3 Å². The van der Waals surface area contributed by atoms with Gasteiger partial charge in [-0.2, -0.15) is 0 Å². The summed E-state index contributed by atoms with van der Waals surface area (Å²) >= 11 is 11.9. The van der Waals surface area contributed by atoms with E-state index >= 15 is 0 Å². The zero-order chi connectivity index (χ0) is 13.8. The average Bonchev–Trinajstić information content (AvgIpc) is 2.41. The molecule has 2 aromatic carbocycles. The van der Waals surface area contributed by atoms with Crippen LogP contribution in [0.15, 0.2) is 42.5 Å². The van der Waals surface area contributed by atoms with Crippen molar-refractivity contribution in [2.45, 2.75) is 13.0 Å². The maximum absolute atomic E-state index is 9.55. The van der Waals surface area contributed by atoms with Crippen molar-refractivity contribution in [3.05, 3.63) is 63.6 Å². The second-order valence-electron chi connectivity index (χ2n) is 4.37. The van der Waals surface area contributed by atoms with E-state index in [1.54, 1.807) is 12.1 Å². The minimum Gasteiger partial charge on any atom is -0.394 e. The summed E-state index contributed by atoms with van der Waals surface area (Å²) in [7, 11) is 0. The van der Waals surface area contributed by atoms with Crippen LogP contribution in [0.1, 0.15) is 17.2 Å². The lowest BCUT2D eigenvalue weighted by Crippen LogP contribution is -2.15. The van der Waals surface area contributed by atoms with E-state index in [9.17, 15) is 5.11 Å². The topological polar surface area (TPSA) is 32.3 Å². The smallest absolute Gasteiger partial charge is 0.0745 e. The number of aliphatic hydroxyl groups excluding tert-OH is 1. The molecule has 1 atom stereocenters. The Morgan fingerprint density at radius 3 is 2.47 bits per heavy atom. The molecule has 19 heavy (non-hydrogen) atoms. The average molecular weight is 296 g/mol. The van der Waals surface area contributed by atoms with Gasteiger partial charge in [0.15, 0.2) is 0 Å². The van der Waals surface area contributed by atoms with E-state index in [4.69, 9.17) is 23.2 Å². The third-order valence-corrected chi connectivity index (χ3v) is 3.74. The molecule has 0 bridgehead atoms. The molecule has 0 fully saturated rings. The molecule has 100 valence electrons. The van der Waals surface area contributed by atoms with Crippen molar-refractivity contribution in [2.24, 2.45) is 0 Å². The normalized spacial score (nSPS) is 12.2. The predicted molar refractivity (Wildman–Crippen MR) is 81.1 cm³/mol. The standard InChI is InChI=1S/C15H15Cl2NO/c1-10-4-2-3-5-14(10)18-15(9-19)11-6-7-12(16)13(17)8-11/h2-8,15,18-19H,9H2,1H3. The molecule has 2 nitrogen and oxygen atoms in total. The van der Waals surface area contributed by atoms with Gasteiger partial charge in [0.05, 0.1) is 22.7 Å². The fourth-order valence-electron chi connectivity index (χ4n) is 1.89. The number of halogens is 2. The predicted octanol–water partition coefficient (Wildman–Crippen LogP) is 4.45. The van der Waals surface area contributed by atoms with Gasteiger partial charge in [0.1, 0.15) is 0 Å². The molecule has 0 aliphatic heterocycles. The number of aryl methyl sites for hydroxylation is 1. The second-order valence-corrected chi connectivity index (χ2v) is 5.18. The molecule has 2 rings (SSSR count). The zero-order valence-corrected chi connectivity index (χ0v) is 12.0. The number of aliphatic hydroxyl groups is 1. The fraction of sp³-hybridized carbons (Fsp3) is 0.200. The van der Waals surface area contributed by atoms with Crippen LogP contribution in [0.5, 0.6) is 0 Å². The molecular weight excluding hydrogens is 281 g/mol. The first-order valence-electron chi connectivity index (χ1n) is 6.00. The van der Waals surface area contributed by atoms with Crippen molar-refractivity contribution in [1.29, 1.82) is 0 Å². The Morgan fingerprint density at radius 2 is 1.84 bits per heavy atom. The van der Waals surface area contributed by atoms with Gasteiger partial charge in [-0.3, -0.25) is 0 Å². The molecule has 0 heterocycles. The van der Waals surface area contributed by atoms with Gasteiger partial charge in [-0.05, 0) is 36.2 Å². The molecule has 0 aliphatic rings. The molecule has 0 amide bonds. The highest BCUT2D eigenvalue weighted by Gasteiger charge is 2.12. The van der Waals surface area contributed by atoms with Crippen LogP contribution in [0.2, 0.25) is 10.0 Å². The Balaban J connectivity index is 2.25. The summed E-state index contributed by atoms with van der Waals surface area (Å²) in [6.07, 6.45) is 0. The van der Waals surface area contributed by atoms with Crippen LogP contribution < -0.4 is 5.32 Å². The number of hydrogen-bond donors (Lipinski definition) is 2. The maximum Gasteiger partial charge on any atom is 0.0745 e. The van der Waals surface area contributed by atoms with E-state index in [0.29, 0.717) is 10.0 Å². The van der Waals surface area contributed by atoms with E-state index in [2.05, 4.69) is 5.32 Å². The van der Waals surface area contributed by atoms with Crippen LogP contribution >= 0.6 is 23.2 Å². The summed E-state index contributed by atoms with van der Waals surface area (Å²) in [6.45, 7) is 2.00. The highest BCUT2D eigenvalue weighted by molar-refractivity contribution is 6.42. The monoisotopic (exact) mass is 295 g/mol. The van der Waals surface area contributed by atoms with Crippen molar-refractivity contribution >= 4 is 28.9 Å². The summed E-state index contributed by atoms with van der Waals surface area (Å²) in [5.74, 6) is 0. The fourth-order valence-corrected chi connectivity index (χ4v) is 2.19. The van der Waals surface area contributed by atoms with Crippen molar-refractivity contribution in [3.8, 4) is 0 Å². The van der Waals surface area contributed by atoms with Crippen molar-refractivity contribution < 1.29 is 5.11 Å². The van der Waals surface area contributed by atoms with Crippen LogP contribution in [0, 0.1) is 6.92 Å². The first kappa shape index (κ1) is 14.2. The number of rotatable bonds is 4. The Labute approximate surface area is 123 Å². The van der Waals surface area contributed by atoms with Crippen LogP contribution in [-0.2, 0) is 0 Å². The SMILES string of the molecule is Cc1ccccc1NC(CO)c1ccc(Cl)c(Cl)c1. The third kappa shape index (κ3) is 3.41. The van der Waals surface area contributed by atoms with Crippen molar-refractivity contribution in [2.75, 3.05) is 11.9 Å². The number of para-hydroxylation sites is 1. The van der Waals surface area contributed by atoms with Crippen LogP contribution in [0.3, 0.4) is 0 Å². The molecule has 4 heteroatoms. The molecule has 0 spiro atoms. The summed E-state index contributed by atoms with van der Waals surface area (Å²) in [5.41, 5.74) is 3.02. The lowest BCUT2D eigenvalue weighted by atomic mass is 10.1. The van der Waals surface area contributed by atoms with Crippen molar-refractivity contribution in [1.82, 2.24) is 0 Å². The highest BCUT2D eigenvalue weighted by Crippen LogP contribution is 2.28. The van der Waals surface area contributed by atoms with Crippen LogP contribution in [-0.4, -0.2) is 11.7 Å². The van der Waals surface area contributed by atoms with Gasteiger partial charge < -0.3 is 10.4 Å². The molecule has 2 aromatic rings. The summed E-state index contributed by atoms with van der Waals surface area (Å²) in [6, 6.07) is 13.1. The highest BCUT2D eigenvalue weighted by atomic mass is 35.5. The largest absolute Gasteiger partial charge is 0.394 e. The number of benzene rings is 2. The quantitative estimate of drug-likeness (QED) is 0.873. The van der Waals surface area contributed by atoms with Gasteiger partial charge in [0.2, 0.25) is 0 Å². The van der Waals surface area contributed by atoms with Gasteiger partial charge in [0, 0.05) is 5.69 Å². The Morgan fingerprint density at radius 1 is 1.11 bits per heavy atom. The van der Waals surface area contributed by atoms with Gasteiger partial charge in [-0.1, -0.05) is 47.5 Å². The molecule has 1 unspecified atom stereocenters.